The normalized spacial score (nSPS) is 61.1. The fourth-order valence-corrected chi connectivity index (χ4v) is 2.91. The summed E-state index contributed by atoms with van der Waals surface area (Å²) in [7, 11) is 2.10. The zero-order valence-corrected chi connectivity index (χ0v) is 6.60. The van der Waals surface area contributed by atoms with Crippen LogP contribution >= 0.6 is 0 Å². The molecule has 4 fully saturated rings. The van der Waals surface area contributed by atoms with E-state index in [0.717, 1.165) is 12.8 Å². The van der Waals surface area contributed by atoms with Gasteiger partial charge in [0.2, 0.25) is 0 Å². The Morgan fingerprint density at radius 3 is 2.73 bits per heavy atom. The zero-order chi connectivity index (χ0) is 7.59. The number of hydrogen-bond acceptors (Lipinski definition) is 3. The molecule has 4 aliphatic rings. The Morgan fingerprint density at radius 2 is 2.09 bits per heavy atom. The van der Waals surface area contributed by atoms with Crippen LogP contribution in [0.15, 0.2) is 0 Å². The van der Waals surface area contributed by atoms with E-state index in [1.54, 1.807) is 0 Å². The van der Waals surface area contributed by atoms with Crippen LogP contribution in [-0.2, 0) is 4.74 Å². The second-order valence-corrected chi connectivity index (χ2v) is 3.98. The number of aliphatic hydroxyl groups excluding tert-OH is 1. The first kappa shape index (κ1) is 6.40. The average Bonchev–Trinajstić information content (AvgIpc) is 2.39. The highest BCUT2D eigenvalue weighted by molar-refractivity contribution is 5.10. The van der Waals surface area contributed by atoms with E-state index < -0.39 is 0 Å². The van der Waals surface area contributed by atoms with Crippen molar-refractivity contribution in [2.45, 2.75) is 43.2 Å². The quantitative estimate of drug-likeness (QED) is 0.516. The predicted octanol–water partition coefficient (Wildman–Crippen LogP) is -0.409. The molecule has 4 rings (SSSR count). The Labute approximate surface area is 65.9 Å². The van der Waals surface area contributed by atoms with E-state index in [9.17, 15) is 5.11 Å². The monoisotopic (exact) mass is 155 g/mol. The van der Waals surface area contributed by atoms with Crippen LogP contribution in [0, 0.1) is 0 Å². The summed E-state index contributed by atoms with van der Waals surface area (Å²) in [6.07, 6.45) is 2.53. The van der Waals surface area contributed by atoms with Gasteiger partial charge in [-0.05, 0) is 19.9 Å². The van der Waals surface area contributed by atoms with Crippen molar-refractivity contribution in [1.29, 1.82) is 0 Å². The molecule has 0 amide bonds. The number of hydrogen-bond donors (Lipinski definition) is 1. The highest BCUT2D eigenvalue weighted by Gasteiger charge is 2.57. The molecule has 0 saturated carbocycles. The van der Waals surface area contributed by atoms with E-state index >= 15 is 0 Å². The van der Waals surface area contributed by atoms with Crippen LogP contribution in [0.1, 0.15) is 12.8 Å². The molecular formula is C8H13NO2. The summed E-state index contributed by atoms with van der Waals surface area (Å²) in [5.74, 6) is 0. The molecule has 5 atom stereocenters. The van der Waals surface area contributed by atoms with E-state index in [4.69, 9.17) is 4.74 Å². The van der Waals surface area contributed by atoms with Crippen LogP contribution in [0.4, 0.5) is 0 Å². The van der Waals surface area contributed by atoms with Gasteiger partial charge in [0.25, 0.3) is 0 Å². The minimum Gasteiger partial charge on any atom is -0.389 e. The van der Waals surface area contributed by atoms with Crippen LogP contribution in [0.25, 0.3) is 0 Å². The van der Waals surface area contributed by atoms with Crippen molar-refractivity contribution < 1.29 is 9.84 Å². The molecule has 0 aromatic carbocycles. The third-order valence-corrected chi connectivity index (χ3v) is 3.51. The van der Waals surface area contributed by atoms with Gasteiger partial charge in [0.1, 0.15) is 6.10 Å². The van der Waals surface area contributed by atoms with Gasteiger partial charge in [0.05, 0.1) is 12.2 Å². The van der Waals surface area contributed by atoms with Gasteiger partial charge in [-0.3, -0.25) is 4.90 Å². The molecule has 0 aromatic heterocycles. The lowest BCUT2D eigenvalue weighted by Gasteiger charge is -2.33. The third-order valence-electron chi connectivity index (χ3n) is 3.51. The molecule has 0 radical (unpaired) electrons. The third kappa shape index (κ3) is 0.604. The van der Waals surface area contributed by atoms with Gasteiger partial charge >= 0.3 is 0 Å². The molecular weight excluding hydrogens is 142 g/mol. The van der Waals surface area contributed by atoms with E-state index in [2.05, 4.69) is 11.9 Å². The second kappa shape index (κ2) is 1.79. The number of rotatable bonds is 0. The van der Waals surface area contributed by atoms with Crippen LogP contribution in [0.2, 0.25) is 0 Å². The minimum atomic E-state index is -0.219. The van der Waals surface area contributed by atoms with Crippen molar-refractivity contribution in [1.82, 2.24) is 4.90 Å². The fraction of sp³-hybridized carbons (Fsp3) is 1.00. The summed E-state index contributed by atoms with van der Waals surface area (Å²) in [6.45, 7) is 0. The van der Waals surface area contributed by atoms with Crippen LogP contribution < -0.4 is 0 Å². The van der Waals surface area contributed by atoms with Gasteiger partial charge in [0, 0.05) is 12.1 Å². The molecule has 4 aliphatic heterocycles. The summed E-state index contributed by atoms with van der Waals surface area (Å²) in [6, 6.07) is 0.895. The van der Waals surface area contributed by atoms with Gasteiger partial charge in [0.15, 0.2) is 0 Å². The van der Waals surface area contributed by atoms with Crippen LogP contribution in [-0.4, -0.2) is 47.4 Å². The highest BCUT2D eigenvalue weighted by Crippen LogP contribution is 2.44. The summed E-state index contributed by atoms with van der Waals surface area (Å²) in [5.41, 5.74) is 0. The highest BCUT2D eigenvalue weighted by atomic mass is 16.5. The number of nitrogens with zero attached hydrogens (tertiary/aromatic N) is 1. The van der Waals surface area contributed by atoms with E-state index in [1.807, 2.05) is 0 Å². The smallest absolute Gasteiger partial charge is 0.101 e. The maximum atomic E-state index is 9.71. The first-order valence-electron chi connectivity index (χ1n) is 4.33. The van der Waals surface area contributed by atoms with Crippen molar-refractivity contribution in [3.63, 3.8) is 0 Å². The molecule has 0 aromatic rings. The minimum absolute atomic E-state index is 0.128. The predicted molar refractivity (Wildman–Crippen MR) is 39.2 cm³/mol. The largest absolute Gasteiger partial charge is 0.389 e. The van der Waals surface area contributed by atoms with Gasteiger partial charge in [-0.2, -0.15) is 0 Å². The summed E-state index contributed by atoms with van der Waals surface area (Å²) < 4.78 is 5.64. The van der Waals surface area contributed by atoms with Gasteiger partial charge in [-0.15, -0.1) is 0 Å². The maximum Gasteiger partial charge on any atom is 0.101 e. The molecule has 4 bridgehead atoms. The SMILES string of the molecule is CN1[C@@H]2C[C@@H]3C[C@H]1[C@@H](O)[C@H]2O3. The van der Waals surface area contributed by atoms with Crippen molar-refractivity contribution in [2.24, 2.45) is 0 Å². The number of likely N-dealkylation sites (N-methyl/N-ethyl adjacent to an activating group) is 1. The topological polar surface area (TPSA) is 32.7 Å². The Bertz CT molecular complexity index is 175. The molecule has 0 unspecified atom stereocenters. The van der Waals surface area contributed by atoms with Crippen molar-refractivity contribution in [2.75, 3.05) is 7.05 Å². The lowest BCUT2D eigenvalue weighted by molar-refractivity contribution is -0.0758. The molecule has 4 saturated heterocycles. The van der Waals surface area contributed by atoms with Gasteiger partial charge in [-0.25, -0.2) is 0 Å². The van der Waals surface area contributed by atoms with E-state index in [0.29, 0.717) is 18.2 Å². The Hall–Kier alpha value is -0.120. The molecule has 11 heavy (non-hydrogen) atoms. The standard InChI is InChI=1S/C8H13NO2/c1-9-5-2-4-3-6(9)8(11-4)7(5)10/h4-8,10H,2-3H2,1H3/t4-,5-,6+,7+,8-/m0/s1. The lowest BCUT2D eigenvalue weighted by atomic mass is 10.0. The molecule has 0 spiro atoms. The first-order valence-corrected chi connectivity index (χ1v) is 4.33. The molecule has 1 N–H and O–H groups in total. The Balaban J connectivity index is 2.00. The Kier molecular flexibility index (Phi) is 1.04. The van der Waals surface area contributed by atoms with Crippen molar-refractivity contribution >= 4 is 0 Å². The molecule has 3 nitrogen and oxygen atoms in total. The van der Waals surface area contributed by atoms with Crippen molar-refractivity contribution in [3.05, 3.63) is 0 Å². The number of piperidine rings is 1. The van der Waals surface area contributed by atoms with Crippen LogP contribution in [0.3, 0.4) is 0 Å². The zero-order valence-electron chi connectivity index (χ0n) is 6.60. The second-order valence-electron chi connectivity index (χ2n) is 3.98. The summed E-state index contributed by atoms with van der Waals surface area (Å²) in [5, 5.41) is 9.71. The Morgan fingerprint density at radius 1 is 1.36 bits per heavy atom. The summed E-state index contributed by atoms with van der Waals surface area (Å²) >= 11 is 0. The average molecular weight is 155 g/mol. The first-order chi connectivity index (χ1) is 5.27. The number of ether oxygens (including phenoxy) is 1. The van der Waals surface area contributed by atoms with E-state index in [-0.39, 0.29) is 12.2 Å². The molecule has 0 aliphatic carbocycles. The van der Waals surface area contributed by atoms with Gasteiger partial charge in [-0.1, -0.05) is 0 Å². The maximum absolute atomic E-state index is 9.71. The number of aliphatic hydroxyl groups is 1. The summed E-state index contributed by atoms with van der Waals surface area (Å²) in [4.78, 5) is 2.29. The lowest BCUT2D eigenvalue weighted by Crippen LogP contribution is -2.44. The molecule has 62 valence electrons. The van der Waals surface area contributed by atoms with Crippen LogP contribution in [0.5, 0.6) is 0 Å². The van der Waals surface area contributed by atoms with E-state index in [1.165, 1.54) is 0 Å². The van der Waals surface area contributed by atoms with Crippen molar-refractivity contribution in [3.8, 4) is 0 Å². The fourth-order valence-electron chi connectivity index (χ4n) is 2.91. The van der Waals surface area contributed by atoms with Gasteiger partial charge < -0.3 is 9.84 Å². The molecule has 3 heteroatoms. The molecule has 4 heterocycles.